The summed E-state index contributed by atoms with van der Waals surface area (Å²) in [5, 5.41) is 0. The molecular formula is C13H9F3N4. The molecule has 102 valence electrons. The van der Waals surface area contributed by atoms with Gasteiger partial charge in [-0.2, -0.15) is 13.2 Å². The van der Waals surface area contributed by atoms with Crippen molar-refractivity contribution in [1.82, 2.24) is 19.9 Å². The average molecular weight is 278 g/mol. The summed E-state index contributed by atoms with van der Waals surface area (Å²) < 4.78 is 39.0. The zero-order valence-corrected chi connectivity index (χ0v) is 10.4. The largest absolute Gasteiger partial charge is 0.417 e. The Balaban J connectivity index is 2.26. The van der Waals surface area contributed by atoms with Crippen molar-refractivity contribution in [2.45, 2.75) is 13.1 Å². The summed E-state index contributed by atoms with van der Waals surface area (Å²) in [7, 11) is 0. The number of nitrogens with zero attached hydrogens (tertiary/aromatic N) is 3. The zero-order chi connectivity index (χ0) is 14.3. The lowest BCUT2D eigenvalue weighted by molar-refractivity contribution is -0.137. The van der Waals surface area contributed by atoms with E-state index in [1.807, 2.05) is 0 Å². The van der Waals surface area contributed by atoms with Gasteiger partial charge in [0, 0.05) is 5.56 Å². The number of halogens is 3. The number of aromatic nitrogens is 4. The van der Waals surface area contributed by atoms with E-state index in [1.165, 1.54) is 24.5 Å². The Morgan fingerprint density at radius 1 is 1.10 bits per heavy atom. The lowest BCUT2D eigenvalue weighted by Gasteiger charge is -2.11. The molecule has 0 atom stereocenters. The minimum Gasteiger partial charge on any atom is -0.342 e. The van der Waals surface area contributed by atoms with E-state index in [2.05, 4.69) is 19.9 Å². The average Bonchev–Trinajstić information content (AvgIpc) is 2.86. The fourth-order valence-electron chi connectivity index (χ4n) is 2.02. The van der Waals surface area contributed by atoms with Crippen molar-refractivity contribution >= 4 is 11.2 Å². The van der Waals surface area contributed by atoms with Crippen LogP contribution in [-0.4, -0.2) is 19.9 Å². The minimum absolute atomic E-state index is 0.0232. The third-order valence-corrected chi connectivity index (χ3v) is 2.94. The smallest absolute Gasteiger partial charge is 0.342 e. The summed E-state index contributed by atoms with van der Waals surface area (Å²) in [4.78, 5) is 15.0. The summed E-state index contributed by atoms with van der Waals surface area (Å²) in [5.41, 5.74) is 0.726. The Morgan fingerprint density at radius 3 is 2.60 bits per heavy atom. The van der Waals surface area contributed by atoms with Gasteiger partial charge in [-0.05, 0) is 13.0 Å². The standard InChI is InChI=1S/C13H9F3N4/c1-7-10-12(18-6-17-10)20-11(19-7)8-4-2-3-5-9(8)13(14,15)16/h2-6H,1H3,(H,17,18,19,20). The number of alkyl halides is 3. The van der Waals surface area contributed by atoms with Gasteiger partial charge in [0.25, 0.3) is 0 Å². The monoisotopic (exact) mass is 278 g/mol. The molecule has 0 aliphatic carbocycles. The number of nitrogens with one attached hydrogen (secondary N) is 1. The van der Waals surface area contributed by atoms with Crippen LogP contribution in [0.25, 0.3) is 22.6 Å². The summed E-state index contributed by atoms with van der Waals surface area (Å²) in [5.74, 6) is 0.0232. The second kappa shape index (κ2) is 4.29. The molecule has 2 aromatic heterocycles. The van der Waals surface area contributed by atoms with E-state index in [9.17, 15) is 13.2 Å². The summed E-state index contributed by atoms with van der Waals surface area (Å²) in [6, 6.07) is 5.24. The maximum atomic E-state index is 13.0. The Kier molecular flexibility index (Phi) is 2.70. The predicted molar refractivity (Wildman–Crippen MR) is 66.9 cm³/mol. The highest BCUT2D eigenvalue weighted by Gasteiger charge is 2.34. The first-order valence-electron chi connectivity index (χ1n) is 5.81. The van der Waals surface area contributed by atoms with Gasteiger partial charge in [-0.15, -0.1) is 0 Å². The van der Waals surface area contributed by atoms with Crippen LogP contribution in [0.15, 0.2) is 30.6 Å². The van der Waals surface area contributed by atoms with Crippen molar-refractivity contribution in [3.63, 3.8) is 0 Å². The van der Waals surface area contributed by atoms with Gasteiger partial charge in [-0.1, -0.05) is 18.2 Å². The number of hydrogen-bond donors (Lipinski definition) is 1. The fourth-order valence-corrected chi connectivity index (χ4v) is 2.02. The third-order valence-electron chi connectivity index (χ3n) is 2.94. The maximum Gasteiger partial charge on any atom is 0.417 e. The molecule has 7 heteroatoms. The zero-order valence-electron chi connectivity index (χ0n) is 10.4. The molecule has 0 spiro atoms. The van der Waals surface area contributed by atoms with Crippen LogP contribution in [0.4, 0.5) is 13.2 Å². The molecule has 0 radical (unpaired) electrons. The molecule has 0 fully saturated rings. The lowest BCUT2D eigenvalue weighted by Crippen LogP contribution is -2.08. The molecule has 1 aromatic carbocycles. The second-order valence-corrected chi connectivity index (χ2v) is 4.28. The molecule has 0 bridgehead atoms. The van der Waals surface area contributed by atoms with Crippen LogP contribution < -0.4 is 0 Å². The van der Waals surface area contributed by atoms with E-state index < -0.39 is 11.7 Å². The van der Waals surface area contributed by atoms with Crippen LogP contribution in [0.2, 0.25) is 0 Å². The van der Waals surface area contributed by atoms with Crippen molar-refractivity contribution in [2.24, 2.45) is 0 Å². The van der Waals surface area contributed by atoms with E-state index in [0.29, 0.717) is 16.9 Å². The normalized spacial score (nSPS) is 12.0. The summed E-state index contributed by atoms with van der Waals surface area (Å²) in [6.07, 6.45) is -3.01. The molecule has 0 unspecified atom stereocenters. The Bertz CT molecular complexity index is 777. The summed E-state index contributed by atoms with van der Waals surface area (Å²) >= 11 is 0. The Morgan fingerprint density at radius 2 is 1.85 bits per heavy atom. The van der Waals surface area contributed by atoms with Crippen LogP contribution in [0.3, 0.4) is 0 Å². The van der Waals surface area contributed by atoms with Crippen LogP contribution in [-0.2, 0) is 6.18 Å². The van der Waals surface area contributed by atoms with Crippen molar-refractivity contribution in [1.29, 1.82) is 0 Å². The maximum absolute atomic E-state index is 13.0. The molecule has 2 heterocycles. The number of H-pyrrole nitrogens is 1. The molecule has 4 nitrogen and oxygen atoms in total. The highest BCUT2D eigenvalue weighted by molar-refractivity contribution is 5.76. The van der Waals surface area contributed by atoms with E-state index in [1.54, 1.807) is 6.92 Å². The molecule has 0 aliphatic rings. The number of fused-ring (bicyclic) bond motifs is 1. The molecule has 1 N–H and O–H groups in total. The predicted octanol–water partition coefficient (Wildman–Crippen LogP) is 3.35. The highest BCUT2D eigenvalue weighted by Crippen LogP contribution is 2.36. The molecule has 3 aromatic rings. The molecular weight excluding hydrogens is 269 g/mol. The van der Waals surface area contributed by atoms with Crippen molar-refractivity contribution in [3.8, 4) is 11.4 Å². The highest BCUT2D eigenvalue weighted by atomic mass is 19.4. The lowest BCUT2D eigenvalue weighted by atomic mass is 10.1. The van der Waals surface area contributed by atoms with Crippen LogP contribution in [0.1, 0.15) is 11.3 Å². The number of aromatic amines is 1. The SMILES string of the molecule is Cc1nc(-c2ccccc2C(F)(F)F)nc2nc[nH]c12. The Hall–Kier alpha value is -2.44. The quantitative estimate of drug-likeness (QED) is 0.742. The van der Waals surface area contributed by atoms with Crippen molar-refractivity contribution < 1.29 is 13.2 Å². The minimum atomic E-state index is -4.45. The van der Waals surface area contributed by atoms with Crippen LogP contribution >= 0.6 is 0 Å². The first-order chi connectivity index (χ1) is 9.47. The molecule has 20 heavy (non-hydrogen) atoms. The van der Waals surface area contributed by atoms with Gasteiger partial charge in [0.1, 0.15) is 5.52 Å². The number of hydrogen-bond acceptors (Lipinski definition) is 3. The van der Waals surface area contributed by atoms with Gasteiger partial charge in [0.05, 0.1) is 17.6 Å². The van der Waals surface area contributed by atoms with Gasteiger partial charge in [0.15, 0.2) is 11.5 Å². The Labute approximate surface area is 111 Å². The first-order valence-corrected chi connectivity index (χ1v) is 5.81. The fraction of sp³-hybridized carbons (Fsp3) is 0.154. The van der Waals surface area contributed by atoms with Gasteiger partial charge in [-0.3, -0.25) is 0 Å². The van der Waals surface area contributed by atoms with E-state index in [-0.39, 0.29) is 11.4 Å². The van der Waals surface area contributed by atoms with E-state index in [4.69, 9.17) is 0 Å². The van der Waals surface area contributed by atoms with Crippen LogP contribution in [0, 0.1) is 6.92 Å². The summed E-state index contributed by atoms with van der Waals surface area (Å²) in [6.45, 7) is 1.70. The number of imidazole rings is 1. The molecule has 0 aliphatic heterocycles. The van der Waals surface area contributed by atoms with Gasteiger partial charge in [-0.25, -0.2) is 15.0 Å². The molecule has 0 saturated carbocycles. The van der Waals surface area contributed by atoms with E-state index >= 15 is 0 Å². The van der Waals surface area contributed by atoms with Crippen LogP contribution in [0.5, 0.6) is 0 Å². The van der Waals surface area contributed by atoms with Crippen molar-refractivity contribution in [3.05, 3.63) is 41.9 Å². The van der Waals surface area contributed by atoms with Gasteiger partial charge in [0.2, 0.25) is 0 Å². The first kappa shape index (κ1) is 12.6. The number of rotatable bonds is 1. The number of aryl methyl sites for hydroxylation is 1. The molecule has 0 amide bonds. The van der Waals surface area contributed by atoms with Gasteiger partial charge >= 0.3 is 6.18 Å². The molecule has 3 rings (SSSR count). The van der Waals surface area contributed by atoms with Crippen molar-refractivity contribution in [2.75, 3.05) is 0 Å². The van der Waals surface area contributed by atoms with E-state index in [0.717, 1.165) is 6.07 Å². The third kappa shape index (κ3) is 2.01. The molecule has 0 saturated heterocycles. The number of benzene rings is 1. The topological polar surface area (TPSA) is 54.5 Å². The van der Waals surface area contributed by atoms with Gasteiger partial charge < -0.3 is 4.98 Å². The second-order valence-electron chi connectivity index (χ2n) is 4.28.